The molecular weight excluding hydrogens is 338 g/mol. The Morgan fingerprint density at radius 1 is 1.21 bits per heavy atom. The highest BCUT2D eigenvalue weighted by molar-refractivity contribution is 7.92. The lowest BCUT2D eigenvalue weighted by molar-refractivity contribution is -0.116. The van der Waals surface area contributed by atoms with Gasteiger partial charge in [0.05, 0.1) is 5.69 Å². The van der Waals surface area contributed by atoms with Crippen molar-refractivity contribution in [3.8, 4) is 0 Å². The Labute approximate surface area is 138 Å². The van der Waals surface area contributed by atoms with Crippen molar-refractivity contribution in [3.05, 3.63) is 53.6 Å². The molecule has 2 aromatic rings. The fourth-order valence-electron chi connectivity index (χ4n) is 2.75. The van der Waals surface area contributed by atoms with Crippen molar-refractivity contribution < 1.29 is 22.0 Å². The summed E-state index contributed by atoms with van der Waals surface area (Å²) in [6.45, 7) is 1.88. The maximum absolute atomic E-state index is 13.8. The van der Waals surface area contributed by atoms with Gasteiger partial charge in [-0.05, 0) is 30.7 Å². The van der Waals surface area contributed by atoms with E-state index in [-0.39, 0.29) is 11.6 Å². The van der Waals surface area contributed by atoms with Crippen LogP contribution in [-0.2, 0) is 21.2 Å². The Morgan fingerprint density at radius 2 is 1.96 bits per heavy atom. The van der Waals surface area contributed by atoms with Crippen LogP contribution in [0.3, 0.4) is 0 Å². The SMILES string of the molecule is CC(=O)N1CCc2c(NS(=O)(=O)c3ccc(F)cc3F)cccc21. The van der Waals surface area contributed by atoms with E-state index < -0.39 is 26.6 Å². The molecule has 24 heavy (non-hydrogen) atoms. The number of hydrogen-bond donors (Lipinski definition) is 1. The van der Waals surface area contributed by atoms with E-state index in [1.165, 1.54) is 6.92 Å². The molecule has 2 aromatic carbocycles. The average molecular weight is 352 g/mol. The first-order valence-electron chi connectivity index (χ1n) is 7.17. The van der Waals surface area contributed by atoms with E-state index in [9.17, 15) is 22.0 Å². The number of carbonyl (C=O) groups is 1. The van der Waals surface area contributed by atoms with Gasteiger partial charge < -0.3 is 4.90 Å². The van der Waals surface area contributed by atoms with Gasteiger partial charge in [0.2, 0.25) is 5.91 Å². The summed E-state index contributed by atoms with van der Waals surface area (Å²) in [4.78, 5) is 12.5. The fourth-order valence-corrected chi connectivity index (χ4v) is 3.90. The molecule has 8 heteroatoms. The Kier molecular flexibility index (Phi) is 4.00. The minimum Gasteiger partial charge on any atom is -0.312 e. The van der Waals surface area contributed by atoms with Crippen LogP contribution in [0.1, 0.15) is 12.5 Å². The number of carbonyl (C=O) groups excluding carboxylic acids is 1. The molecule has 0 fully saturated rings. The quantitative estimate of drug-likeness (QED) is 0.924. The van der Waals surface area contributed by atoms with Crippen molar-refractivity contribution in [1.29, 1.82) is 0 Å². The van der Waals surface area contributed by atoms with Gasteiger partial charge in [-0.15, -0.1) is 0 Å². The van der Waals surface area contributed by atoms with Crippen LogP contribution in [0.25, 0.3) is 0 Å². The number of amides is 1. The molecule has 0 saturated carbocycles. The van der Waals surface area contributed by atoms with E-state index in [0.717, 1.165) is 12.1 Å². The molecular formula is C16H14F2N2O3S. The Balaban J connectivity index is 1.99. The van der Waals surface area contributed by atoms with Gasteiger partial charge in [-0.3, -0.25) is 9.52 Å². The molecule has 0 atom stereocenters. The maximum Gasteiger partial charge on any atom is 0.264 e. The summed E-state index contributed by atoms with van der Waals surface area (Å²) < 4.78 is 53.9. The van der Waals surface area contributed by atoms with Crippen molar-refractivity contribution in [3.63, 3.8) is 0 Å². The zero-order valence-electron chi connectivity index (χ0n) is 12.7. The maximum atomic E-state index is 13.8. The Hall–Kier alpha value is -2.48. The van der Waals surface area contributed by atoms with Crippen molar-refractivity contribution in [1.82, 2.24) is 0 Å². The summed E-state index contributed by atoms with van der Waals surface area (Å²) in [5.41, 5.74) is 1.57. The number of sulfonamides is 1. The lowest BCUT2D eigenvalue weighted by atomic mass is 10.1. The van der Waals surface area contributed by atoms with E-state index in [1.54, 1.807) is 23.1 Å². The molecule has 3 rings (SSSR count). The topological polar surface area (TPSA) is 66.5 Å². The van der Waals surface area contributed by atoms with Crippen LogP contribution in [0.5, 0.6) is 0 Å². The first kappa shape index (κ1) is 16.4. The highest BCUT2D eigenvalue weighted by Gasteiger charge is 2.27. The van der Waals surface area contributed by atoms with Gasteiger partial charge in [0.15, 0.2) is 0 Å². The number of halogens is 2. The summed E-state index contributed by atoms with van der Waals surface area (Å²) in [6.07, 6.45) is 0.486. The second-order valence-electron chi connectivity index (χ2n) is 5.40. The first-order chi connectivity index (χ1) is 11.3. The molecule has 0 aliphatic carbocycles. The van der Waals surface area contributed by atoms with E-state index in [4.69, 9.17) is 0 Å². The number of anilines is 2. The summed E-state index contributed by atoms with van der Waals surface area (Å²) in [5, 5.41) is 0. The third kappa shape index (κ3) is 2.84. The van der Waals surface area contributed by atoms with Gasteiger partial charge in [0, 0.05) is 30.8 Å². The molecule has 1 N–H and O–H groups in total. The molecule has 1 heterocycles. The van der Waals surface area contributed by atoms with Crippen molar-refractivity contribution in [2.75, 3.05) is 16.2 Å². The van der Waals surface area contributed by atoms with Gasteiger partial charge >= 0.3 is 0 Å². The molecule has 0 spiro atoms. The number of benzene rings is 2. The van der Waals surface area contributed by atoms with Crippen LogP contribution in [0.15, 0.2) is 41.3 Å². The molecule has 0 aromatic heterocycles. The standard InChI is InChI=1S/C16H14F2N2O3S/c1-10(21)20-8-7-12-14(3-2-4-15(12)20)19-24(22,23)16-6-5-11(17)9-13(16)18/h2-6,9,19H,7-8H2,1H3. The minimum absolute atomic E-state index is 0.140. The van der Waals surface area contributed by atoms with Crippen LogP contribution < -0.4 is 9.62 Å². The molecule has 5 nitrogen and oxygen atoms in total. The monoisotopic (exact) mass is 352 g/mol. The predicted molar refractivity (Wildman–Crippen MR) is 85.3 cm³/mol. The predicted octanol–water partition coefficient (Wildman–Crippen LogP) is 2.67. The summed E-state index contributed by atoms with van der Waals surface area (Å²) in [6, 6.07) is 7.14. The largest absolute Gasteiger partial charge is 0.312 e. The van der Waals surface area contributed by atoms with Gasteiger partial charge in [-0.1, -0.05) is 6.07 Å². The Morgan fingerprint density at radius 3 is 2.62 bits per heavy atom. The third-order valence-electron chi connectivity index (χ3n) is 3.84. The van der Waals surface area contributed by atoms with Gasteiger partial charge in [-0.25, -0.2) is 17.2 Å². The van der Waals surface area contributed by atoms with Crippen molar-refractivity contribution in [2.45, 2.75) is 18.2 Å². The minimum atomic E-state index is -4.22. The van der Waals surface area contributed by atoms with Crippen LogP contribution in [0.2, 0.25) is 0 Å². The van der Waals surface area contributed by atoms with Gasteiger partial charge in [0.1, 0.15) is 16.5 Å². The summed E-state index contributed by atoms with van der Waals surface area (Å²) in [7, 11) is -4.22. The third-order valence-corrected chi connectivity index (χ3v) is 5.23. The molecule has 1 amide bonds. The lowest BCUT2D eigenvalue weighted by Gasteiger charge is -2.16. The van der Waals surface area contributed by atoms with Gasteiger partial charge in [0.25, 0.3) is 10.0 Å². The summed E-state index contributed by atoms with van der Waals surface area (Å²) >= 11 is 0. The van der Waals surface area contributed by atoms with Gasteiger partial charge in [-0.2, -0.15) is 0 Å². The second-order valence-corrected chi connectivity index (χ2v) is 7.05. The number of hydrogen-bond acceptors (Lipinski definition) is 3. The lowest BCUT2D eigenvalue weighted by Crippen LogP contribution is -2.25. The highest BCUT2D eigenvalue weighted by Crippen LogP contribution is 2.34. The molecule has 1 aliphatic heterocycles. The number of fused-ring (bicyclic) bond motifs is 1. The molecule has 0 unspecified atom stereocenters. The zero-order chi connectivity index (χ0) is 17.5. The highest BCUT2D eigenvalue weighted by atomic mass is 32.2. The van der Waals surface area contributed by atoms with Crippen LogP contribution >= 0.6 is 0 Å². The van der Waals surface area contributed by atoms with E-state index in [1.807, 2.05) is 0 Å². The molecule has 0 saturated heterocycles. The van der Waals surface area contributed by atoms with E-state index >= 15 is 0 Å². The van der Waals surface area contributed by atoms with Crippen LogP contribution in [0, 0.1) is 11.6 Å². The normalized spacial score (nSPS) is 13.7. The molecule has 1 aliphatic rings. The second kappa shape index (κ2) is 5.86. The zero-order valence-corrected chi connectivity index (χ0v) is 13.5. The Bertz CT molecular complexity index is 929. The number of nitrogens with one attached hydrogen (secondary N) is 1. The fraction of sp³-hybridized carbons (Fsp3) is 0.188. The molecule has 0 bridgehead atoms. The van der Waals surface area contributed by atoms with E-state index in [2.05, 4.69) is 4.72 Å². The van der Waals surface area contributed by atoms with Crippen LogP contribution in [-0.4, -0.2) is 20.9 Å². The molecule has 126 valence electrons. The van der Waals surface area contributed by atoms with Crippen LogP contribution in [0.4, 0.5) is 20.2 Å². The smallest absolute Gasteiger partial charge is 0.264 e. The van der Waals surface area contributed by atoms with Crippen molar-refractivity contribution >= 4 is 27.3 Å². The average Bonchev–Trinajstić information content (AvgIpc) is 2.91. The number of rotatable bonds is 3. The first-order valence-corrected chi connectivity index (χ1v) is 8.66. The summed E-state index contributed by atoms with van der Waals surface area (Å²) in [5.74, 6) is -2.16. The molecule has 0 radical (unpaired) electrons. The van der Waals surface area contributed by atoms with E-state index in [0.29, 0.717) is 30.3 Å². The number of nitrogens with zero attached hydrogens (tertiary/aromatic N) is 1. The van der Waals surface area contributed by atoms with Crippen molar-refractivity contribution in [2.24, 2.45) is 0 Å².